The molecule has 7 heteroatoms. The fraction of sp³-hybridized carbons (Fsp3) is 0.143. The van der Waals surface area contributed by atoms with Crippen molar-refractivity contribution in [1.82, 2.24) is 4.72 Å². The summed E-state index contributed by atoms with van der Waals surface area (Å²) in [6, 6.07) is 13.8. The summed E-state index contributed by atoms with van der Waals surface area (Å²) < 4.78 is 27.2. The van der Waals surface area contributed by atoms with E-state index >= 15 is 0 Å². The van der Waals surface area contributed by atoms with Crippen molar-refractivity contribution in [2.45, 2.75) is 11.1 Å². The zero-order valence-corrected chi connectivity index (χ0v) is 12.0. The fourth-order valence-corrected chi connectivity index (χ4v) is 3.33. The van der Waals surface area contributed by atoms with E-state index in [1.54, 1.807) is 12.1 Å². The van der Waals surface area contributed by atoms with Crippen LogP contribution in [0, 0.1) is 0 Å². The Morgan fingerprint density at radius 2 is 1.71 bits per heavy atom. The minimum Gasteiger partial charge on any atom is -0.399 e. The van der Waals surface area contributed by atoms with Crippen LogP contribution in [-0.4, -0.2) is 21.1 Å². The van der Waals surface area contributed by atoms with Gasteiger partial charge in [-0.25, -0.2) is 8.42 Å². The molecule has 0 radical (unpaired) electrons. The molecule has 1 heterocycles. The Bertz CT molecular complexity index is 744. The minimum atomic E-state index is -3.59. The molecule has 0 saturated carbocycles. The van der Waals surface area contributed by atoms with Crippen molar-refractivity contribution in [2.75, 3.05) is 22.9 Å². The Morgan fingerprint density at radius 3 is 2.43 bits per heavy atom. The maximum absolute atomic E-state index is 12.3. The molecule has 21 heavy (non-hydrogen) atoms. The predicted molar refractivity (Wildman–Crippen MR) is 83.5 cm³/mol. The monoisotopic (exact) mass is 304 g/mol. The maximum atomic E-state index is 12.3. The van der Waals surface area contributed by atoms with Crippen molar-refractivity contribution in [3.8, 4) is 0 Å². The van der Waals surface area contributed by atoms with Crippen LogP contribution in [0.15, 0.2) is 53.4 Å². The molecule has 2 aromatic rings. The van der Waals surface area contributed by atoms with Crippen LogP contribution in [0.1, 0.15) is 0 Å². The molecule has 6 nitrogen and oxygen atoms in total. The van der Waals surface area contributed by atoms with Crippen LogP contribution in [-0.2, 0) is 10.0 Å². The number of para-hydroxylation sites is 2. The van der Waals surface area contributed by atoms with Gasteiger partial charge in [-0.05, 0) is 36.4 Å². The lowest BCUT2D eigenvalue weighted by molar-refractivity contribution is 0.567. The molecule has 1 aliphatic heterocycles. The van der Waals surface area contributed by atoms with Gasteiger partial charge >= 0.3 is 0 Å². The van der Waals surface area contributed by atoms with E-state index in [1.807, 2.05) is 24.3 Å². The van der Waals surface area contributed by atoms with Gasteiger partial charge in [0, 0.05) is 12.2 Å². The van der Waals surface area contributed by atoms with Crippen molar-refractivity contribution < 1.29 is 8.42 Å². The molecule has 1 unspecified atom stereocenters. The normalized spacial score (nSPS) is 17.4. The SMILES string of the molecule is Nc1ccc(S(=O)(=O)NC2CNc3ccccc3N2)cc1. The van der Waals surface area contributed by atoms with Gasteiger partial charge in [0.2, 0.25) is 10.0 Å². The summed E-state index contributed by atoms with van der Waals surface area (Å²) in [5.41, 5.74) is 7.93. The Kier molecular flexibility index (Phi) is 3.44. The lowest BCUT2D eigenvalue weighted by Crippen LogP contribution is -2.47. The first kappa shape index (κ1) is 13.7. The summed E-state index contributed by atoms with van der Waals surface area (Å²) in [7, 11) is -3.59. The van der Waals surface area contributed by atoms with Gasteiger partial charge in [-0.2, -0.15) is 4.72 Å². The van der Waals surface area contributed by atoms with Crippen molar-refractivity contribution in [1.29, 1.82) is 0 Å². The van der Waals surface area contributed by atoms with Crippen molar-refractivity contribution in [3.63, 3.8) is 0 Å². The Labute approximate surface area is 123 Å². The number of hydrogen-bond acceptors (Lipinski definition) is 5. The maximum Gasteiger partial charge on any atom is 0.242 e. The van der Waals surface area contributed by atoms with Crippen LogP contribution in [0.25, 0.3) is 0 Å². The molecule has 0 amide bonds. The standard InChI is InChI=1S/C14H16N4O2S/c15-10-5-7-11(8-6-10)21(19,20)18-14-9-16-12-3-1-2-4-13(12)17-14/h1-8,14,16-18H,9,15H2. The summed E-state index contributed by atoms with van der Waals surface area (Å²) >= 11 is 0. The molecule has 1 atom stereocenters. The number of anilines is 3. The molecule has 0 fully saturated rings. The second-order valence-electron chi connectivity index (χ2n) is 4.81. The van der Waals surface area contributed by atoms with Crippen LogP contribution < -0.4 is 21.1 Å². The van der Waals surface area contributed by atoms with Crippen LogP contribution in [0.2, 0.25) is 0 Å². The molecule has 1 aliphatic rings. The average Bonchev–Trinajstić information content (AvgIpc) is 2.47. The van der Waals surface area contributed by atoms with Gasteiger partial charge < -0.3 is 16.4 Å². The molecule has 0 aromatic heterocycles. The first-order valence-electron chi connectivity index (χ1n) is 6.52. The van der Waals surface area contributed by atoms with Gasteiger partial charge in [0.25, 0.3) is 0 Å². The zero-order valence-electron chi connectivity index (χ0n) is 11.2. The Morgan fingerprint density at radius 1 is 1.05 bits per heavy atom. The largest absolute Gasteiger partial charge is 0.399 e. The topological polar surface area (TPSA) is 96.2 Å². The quantitative estimate of drug-likeness (QED) is 0.643. The smallest absolute Gasteiger partial charge is 0.242 e. The first-order valence-corrected chi connectivity index (χ1v) is 8.00. The van der Waals surface area contributed by atoms with Crippen molar-refractivity contribution >= 4 is 27.1 Å². The highest BCUT2D eigenvalue weighted by Gasteiger charge is 2.23. The third-order valence-electron chi connectivity index (χ3n) is 3.24. The lowest BCUT2D eigenvalue weighted by Gasteiger charge is -2.28. The van der Waals surface area contributed by atoms with E-state index in [0.29, 0.717) is 12.2 Å². The van der Waals surface area contributed by atoms with Crippen molar-refractivity contribution in [3.05, 3.63) is 48.5 Å². The van der Waals surface area contributed by atoms with E-state index in [0.717, 1.165) is 11.4 Å². The van der Waals surface area contributed by atoms with Crippen LogP contribution in [0.4, 0.5) is 17.1 Å². The molecule has 110 valence electrons. The Balaban J connectivity index is 1.77. The summed E-state index contributed by atoms with van der Waals surface area (Å²) in [6.07, 6.45) is -0.414. The van der Waals surface area contributed by atoms with Crippen molar-refractivity contribution in [2.24, 2.45) is 0 Å². The second kappa shape index (κ2) is 5.27. The van der Waals surface area contributed by atoms with E-state index in [-0.39, 0.29) is 4.90 Å². The van der Waals surface area contributed by atoms with E-state index in [9.17, 15) is 8.42 Å². The van der Waals surface area contributed by atoms with E-state index in [1.165, 1.54) is 12.1 Å². The number of sulfonamides is 1. The van der Waals surface area contributed by atoms with Gasteiger partial charge in [-0.1, -0.05) is 12.1 Å². The summed E-state index contributed by atoms with van der Waals surface area (Å²) in [4.78, 5) is 0.192. The third-order valence-corrected chi connectivity index (χ3v) is 4.73. The number of rotatable bonds is 3. The molecule has 3 rings (SSSR count). The van der Waals surface area contributed by atoms with Crippen LogP contribution >= 0.6 is 0 Å². The molecular weight excluding hydrogens is 288 g/mol. The molecule has 0 aliphatic carbocycles. The molecule has 5 N–H and O–H groups in total. The minimum absolute atomic E-state index is 0.192. The van der Waals surface area contributed by atoms with Gasteiger partial charge in [-0.3, -0.25) is 0 Å². The number of hydrogen-bond donors (Lipinski definition) is 4. The van der Waals surface area contributed by atoms with E-state index < -0.39 is 16.2 Å². The second-order valence-corrected chi connectivity index (χ2v) is 6.53. The average molecular weight is 304 g/mol. The fourth-order valence-electron chi connectivity index (χ4n) is 2.19. The van der Waals surface area contributed by atoms with Crippen LogP contribution in [0.5, 0.6) is 0 Å². The number of nitrogens with two attached hydrogens (primary N) is 1. The number of fused-ring (bicyclic) bond motifs is 1. The summed E-state index contributed by atoms with van der Waals surface area (Å²) in [6.45, 7) is 0.464. The molecule has 2 aromatic carbocycles. The van der Waals surface area contributed by atoms with Crippen LogP contribution in [0.3, 0.4) is 0 Å². The predicted octanol–water partition coefficient (Wildman–Crippen LogP) is 1.41. The van der Waals surface area contributed by atoms with Gasteiger partial charge in [-0.15, -0.1) is 0 Å². The van der Waals surface area contributed by atoms with Gasteiger partial charge in [0.05, 0.1) is 16.3 Å². The number of nitrogen functional groups attached to an aromatic ring is 1. The first-order chi connectivity index (χ1) is 10.0. The Hall–Kier alpha value is -2.25. The van der Waals surface area contributed by atoms with Gasteiger partial charge in [0.1, 0.15) is 6.17 Å². The third kappa shape index (κ3) is 2.93. The van der Waals surface area contributed by atoms with E-state index in [2.05, 4.69) is 15.4 Å². The van der Waals surface area contributed by atoms with E-state index in [4.69, 9.17) is 5.73 Å². The number of benzene rings is 2. The molecule has 0 spiro atoms. The zero-order chi connectivity index (χ0) is 14.9. The number of nitrogens with one attached hydrogen (secondary N) is 3. The highest BCUT2D eigenvalue weighted by molar-refractivity contribution is 7.89. The molecule has 0 bridgehead atoms. The summed E-state index contributed by atoms with van der Waals surface area (Å²) in [5, 5.41) is 6.34. The molecule has 0 saturated heterocycles. The van der Waals surface area contributed by atoms with Gasteiger partial charge in [0.15, 0.2) is 0 Å². The summed E-state index contributed by atoms with van der Waals surface area (Å²) in [5.74, 6) is 0. The molecular formula is C14H16N4O2S. The highest BCUT2D eigenvalue weighted by atomic mass is 32.2. The highest BCUT2D eigenvalue weighted by Crippen LogP contribution is 2.25. The lowest BCUT2D eigenvalue weighted by atomic mass is 10.2.